The van der Waals surface area contributed by atoms with Gasteiger partial charge >= 0.3 is 0 Å². The van der Waals surface area contributed by atoms with Gasteiger partial charge in [-0.05, 0) is 19.8 Å². The second-order valence-corrected chi connectivity index (χ2v) is 5.46. The molecule has 1 aliphatic rings. The molecule has 0 aliphatic heterocycles. The van der Waals surface area contributed by atoms with Crippen molar-refractivity contribution >= 4 is 17.6 Å². The first-order valence-corrected chi connectivity index (χ1v) is 6.64. The molecule has 1 fully saturated rings. The van der Waals surface area contributed by atoms with Crippen LogP contribution in [0.5, 0.6) is 0 Å². The Kier molecular flexibility index (Phi) is 4.01. The van der Waals surface area contributed by atoms with Gasteiger partial charge in [-0.15, -0.1) is 11.8 Å². The van der Waals surface area contributed by atoms with E-state index in [1.807, 2.05) is 18.7 Å². The van der Waals surface area contributed by atoms with Crippen LogP contribution >= 0.6 is 11.8 Å². The number of nitrogens with one attached hydrogen (secondary N) is 1. The molecular formula is C11H18N4S. The lowest BCUT2D eigenvalue weighted by atomic mass is 10.0. The number of nitrogen functional groups attached to an aromatic ring is 1. The van der Waals surface area contributed by atoms with Crippen molar-refractivity contribution in [1.29, 1.82) is 0 Å². The van der Waals surface area contributed by atoms with Crippen LogP contribution in [0.1, 0.15) is 37.7 Å². The third kappa shape index (κ3) is 2.65. The average molecular weight is 238 g/mol. The van der Waals surface area contributed by atoms with Gasteiger partial charge in [0, 0.05) is 10.8 Å². The van der Waals surface area contributed by atoms with E-state index in [2.05, 4.69) is 15.4 Å². The molecule has 16 heavy (non-hydrogen) atoms. The fourth-order valence-electron chi connectivity index (χ4n) is 2.04. The highest BCUT2D eigenvalue weighted by Gasteiger charge is 2.17. The van der Waals surface area contributed by atoms with E-state index < -0.39 is 0 Å². The molecule has 1 aromatic rings. The monoisotopic (exact) mass is 238 g/mol. The molecule has 3 N–H and O–H groups in total. The highest BCUT2D eigenvalue weighted by molar-refractivity contribution is 7.99. The number of hydrogen-bond acceptors (Lipinski definition) is 5. The summed E-state index contributed by atoms with van der Waals surface area (Å²) in [6.07, 6.45) is 8.27. The number of aromatic nitrogens is 2. The van der Waals surface area contributed by atoms with E-state index in [0.717, 1.165) is 16.4 Å². The van der Waals surface area contributed by atoms with Crippen LogP contribution in [0.4, 0.5) is 5.82 Å². The molecule has 4 nitrogen and oxygen atoms in total. The second-order valence-electron chi connectivity index (χ2n) is 4.17. The number of rotatable bonds is 3. The van der Waals surface area contributed by atoms with E-state index in [-0.39, 0.29) is 0 Å². The smallest absolute Gasteiger partial charge is 0.147 e. The van der Waals surface area contributed by atoms with Crippen molar-refractivity contribution in [3.05, 3.63) is 11.9 Å². The van der Waals surface area contributed by atoms with Crippen molar-refractivity contribution in [1.82, 2.24) is 9.97 Å². The van der Waals surface area contributed by atoms with Gasteiger partial charge in [0.15, 0.2) is 0 Å². The third-order valence-corrected chi connectivity index (χ3v) is 4.44. The summed E-state index contributed by atoms with van der Waals surface area (Å²) < 4.78 is 0. The minimum atomic E-state index is 0.716. The fraction of sp³-hybridized carbons (Fsp3) is 0.636. The summed E-state index contributed by atoms with van der Waals surface area (Å²) >= 11 is 1.87. The Labute approximate surface area is 100 Å². The Morgan fingerprint density at radius 2 is 2.06 bits per heavy atom. The Balaban J connectivity index is 2.08. The van der Waals surface area contributed by atoms with Gasteiger partial charge in [0.1, 0.15) is 17.2 Å². The van der Waals surface area contributed by atoms with Crippen LogP contribution in [0, 0.1) is 6.92 Å². The molecule has 1 aromatic heterocycles. The van der Waals surface area contributed by atoms with Crippen LogP contribution in [0.3, 0.4) is 0 Å². The van der Waals surface area contributed by atoms with Crippen molar-refractivity contribution in [3.63, 3.8) is 0 Å². The first kappa shape index (κ1) is 11.7. The van der Waals surface area contributed by atoms with Crippen molar-refractivity contribution in [2.75, 3.05) is 5.43 Å². The maximum Gasteiger partial charge on any atom is 0.147 e. The molecule has 2 rings (SSSR count). The molecular weight excluding hydrogens is 220 g/mol. The summed E-state index contributed by atoms with van der Waals surface area (Å²) in [4.78, 5) is 8.43. The van der Waals surface area contributed by atoms with Gasteiger partial charge in [-0.2, -0.15) is 0 Å². The first-order chi connectivity index (χ1) is 7.81. The minimum Gasteiger partial charge on any atom is -0.308 e. The number of anilines is 1. The van der Waals surface area contributed by atoms with Crippen molar-refractivity contribution < 1.29 is 0 Å². The van der Waals surface area contributed by atoms with Crippen molar-refractivity contribution in [2.24, 2.45) is 5.84 Å². The number of thioether (sulfide) groups is 1. The molecule has 1 heterocycles. The maximum atomic E-state index is 5.40. The highest BCUT2D eigenvalue weighted by atomic mass is 32.2. The molecule has 0 amide bonds. The predicted octanol–water partition coefficient (Wildman–Crippen LogP) is 2.50. The topological polar surface area (TPSA) is 63.8 Å². The van der Waals surface area contributed by atoms with E-state index in [1.54, 1.807) is 6.33 Å². The molecule has 0 spiro atoms. The lowest BCUT2D eigenvalue weighted by Gasteiger charge is -2.21. The van der Waals surface area contributed by atoms with Gasteiger partial charge in [-0.1, -0.05) is 19.3 Å². The number of nitrogens with zero attached hydrogens (tertiary/aromatic N) is 2. The zero-order valence-electron chi connectivity index (χ0n) is 9.57. The van der Waals surface area contributed by atoms with Gasteiger partial charge in [-0.25, -0.2) is 15.8 Å². The van der Waals surface area contributed by atoms with Crippen LogP contribution < -0.4 is 11.3 Å². The van der Waals surface area contributed by atoms with Crippen molar-refractivity contribution in [2.45, 2.75) is 49.3 Å². The normalized spacial score (nSPS) is 17.4. The number of hydrazine groups is 1. The van der Waals surface area contributed by atoms with Crippen LogP contribution in [0.2, 0.25) is 0 Å². The van der Waals surface area contributed by atoms with Gasteiger partial charge in [0.25, 0.3) is 0 Å². The van der Waals surface area contributed by atoms with E-state index in [9.17, 15) is 0 Å². The Morgan fingerprint density at radius 3 is 2.75 bits per heavy atom. The molecule has 5 heteroatoms. The Bertz CT molecular complexity index is 350. The average Bonchev–Trinajstić information content (AvgIpc) is 2.33. The SMILES string of the molecule is Cc1c(NN)ncnc1SC1CCCCC1. The quantitative estimate of drug-likeness (QED) is 0.481. The van der Waals surface area contributed by atoms with Gasteiger partial charge in [-0.3, -0.25) is 0 Å². The summed E-state index contributed by atoms with van der Waals surface area (Å²) in [6.45, 7) is 2.01. The van der Waals surface area contributed by atoms with Crippen molar-refractivity contribution in [3.8, 4) is 0 Å². The molecule has 1 aliphatic carbocycles. The Hall–Kier alpha value is -0.810. The molecule has 0 bridgehead atoms. The molecule has 0 radical (unpaired) electrons. The Morgan fingerprint density at radius 1 is 1.31 bits per heavy atom. The molecule has 0 atom stereocenters. The zero-order chi connectivity index (χ0) is 11.4. The molecule has 0 aromatic carbocycles. The van der Waals surface area contributed by atoms with Crippen LogP contribution in [-0.2, 0) is 0 Å². The summed E-state index contributed by atoms with van der Waals surface area (Å²) in [5.41, 5.74) is 3.66. The number of nitrogens with two attached hydrogens (primary N) is 1. The zero-order valence-corrected chi connectivity index (χ0v) is 10.4. The van der Waals surface area contributed by atoms with Crippen LogP contribution in [0.15, 0.2) is 11.4 Å². The van der Waals surface area contributed by atoms with E-state index in [1.165, 1.54) is 32.1 Å². The summed E-state index contributed by atoms with van der Waals surface area (Å²) in [7, 11) is 0. The lowest BCUT2D eigenvalue weighted by molar-refractivity contribution is 0.515. The highest BCUT2D eigenvalue weighted by Crippen LogP contribution is 2.34. The molecule has 0 saturated heterocycles. The van der Waals surface area contributed by atoms with Gasteiger partial charge in [0.05, 0.1) is 0 Å². The second kappa shape index (κ2) is 5.50. The standard InChI is InChI=1S/C11H18N4S/c1-8-10(15-12)13-7-14-11(8)16-9-5-3-2-4-6-9/h7,9H,2-6,12H2,1H3,(H,13,14,15). The first-order valence-electron chi connectivity index (χ1n) is 5.76. The fourth-order valence-corrected chi connectivity index (χ4v) is 3.31. The summed E-state index contributed by atoms with van der Waals surface area (Å²) in [5.74, 6) is 6.13. The van der Waals surface area contributed by atoms with Crippen LogP contribution in [-0.4, -0.2) is 15.2 Å². The summed E-state index contributed by atoms with van der Waals surface area (Å²) in [5, 5.41) is 1.78. The maximum absolute atomic E-state index is 5.40. The summed E-state index contributed by atoms with van der Waals surface area (Å²) in [6, 6.07) is 0. The number of hydrogen-bond donors (Lipinski definition) is 2. The van der Waals surface area contributed by atoms with Gasteiger partial charge < -0.3 is 5.43 Å². The minimum absolute atomic E-state index is 0.716. The van der Waals surface area contributed by atoms with Crippen LogP contribution in [0.25, 0.3) is 0 Å². The molecule has 0 unspecified atom stereocenters. The van der Waals surface area contributed by atoms with Gasteiger partial charge in [0.2, 0.25) is 0 Å². The lowest BCUT2D eigenvalue weighted by Crippen LogP contribution is -2.12. The van der Waals surface area contributed by atoms with E-state index >= 15 is 0 Å². The molecule has 88 valence electrons. The third-order valence-electron chi connectivity index (χ3n) is 3.01. The predicted molar refractivity (Wildman–Crippen MR) is 67.3 cm³/mol. The largest absolute Gasteiger partial charge is 0.308 e. The molecule has 1 saturated carbocycles. The van der Waals surface area contributed by atoms with E-state index in [4.69, 9.17) is 5.84 Å². The van der Waals surface area contributed by atoms with E-state index in [0.29, 0.717) is 5.25 Å².